The van der Waals surface area contributed by atoms with Crippen molar-refractivity contribution in [2.45, 2.75) is 32.4 Å². The zero-order valence-corrected chi connectivity index (χ0v) is 21.1. The molecule has 1 N–H and O–H groups in total. The molecule has 0 spiro atoms. The fraction of sp³-hybridized carbons (Fsp3) is 0.261. The van der Waals surface area contributed by atoms with Gasteiger partial charge in [0.05, 0.1) is 22.3 Å². The number of imidazole rings is 1. The molecule has 2 aromatic carbocycles. The standard InChI is InChI=1S/C23H18F5N5.Na.H/c1-22(2,3)20-12(10-29)19(33(4)32-20)21-30-16-9-11(17-14(24)6-5-7-15(17)25)8-13(18(16)31-21)23(26,27)28;;/h5-9H,1-4H3,(H,30,31);;/q;+1;-1. The molecule has 0 aliphatic heterocycles. The topological polar surface area (TPSA) is 70.3 Å². The van der Waals surface area contributed by atoms with Crippen LogP contribution < -0.4 is 29.6 Å². The number of aromatic amines is 1. The van der Waals surface area contributed by atoms with Crippen LogP contribution in [0, 0.1) is 23.0 Å². The second-order valence-electron chi connectivity index (χ2n) is 8.66. The molecule has 0 aliphatic carbocycles. The first-order chi connectivity index (χ1) is 15.3. The van der Waals surface area contributed by atoms with Gasteiger partial charge in [-0.2, -0.15) is 23.5 Å². The quantitative estimate of drug-likeness (QED) is 0.352. The van der Waals surface area contributed by atoms with Crippen LogP contribution in [0.4, 0.5) is 22.0 Å². The summed E-state index contributed by atoms with van der Waals surface area (Å²) in [6.45, 7) is 5.57. The van der Waals surface area contributed by atoms with E-state index in [4.69, 9.17) is 0 Å². The molecular weight excluding hydrogens is 464 g/mol. The molecule has 4 rings (SSSR count). The van der Waals surface area contributed by atoms with E-state index in [2.05, 4.69) is 21.1 Å². The van der Waals surface area contributed by atoms with Crippen molar-refractivity contribution >= 4 is 11.0 Å². The molecule has 0 saturated carbocycles. The number of nitrogens with zero attached hydrogens (tertiary/aromatic N) is 4. The number of aromatic nitrogens is 4. The number of halogens is 5. The summed E-state index contributed by atoms with van der Waals surface area (Å²) in [5.41, 5.74) is -2.18. The second kappa shape index (κ2) is 8.80. The number of nitrogens with one attached hydrogen (secondary N) is 1. The number of hydrogen-bond donors (Lipinski definition) is 1. The Balaban J connectivity index is 0.00000216. The summed E-state index contributed by atoms with van der Waals surface area (Å²) in [4.78, 5) is 6.90. The Labute approximate surface area is 215 Å². The van der Waals surface area contributed by atoms with Crippen molar-refractivity contribution in [1.82, 2.24) is 19.7 Å². The Kier molecular flexibility index (Phi) is 6.70. The van der Waals surface area contributed by atoms with Gasteiger partial charge in [-0.15, -0.1) is 0 Å². The molecule has 0 saturated heterocycles. The van der Waals surface area contributed by atoms with E-state index in [1.807, 2.05) is 20.8 Å². The van der Waals surface area contributed by atoms with Crippen molar-refractivity contribution in [3.8, 4) is 28.7 Å². The third-order valence-electron chi connectivity index (χ3n) is 5.24. The van der Waals surface area contributed by atoms with Crippen LogP contribution in [0.5, 0.6) is 0 Å². The number of nitriles is 1. The maximum atomic E-state index is 14.3. The summed E-state index contributed by atoms with van der Waals surface area (Å²) >= 11 is 0. The molecule has 5 nitrogen and oxygen atoms in total. The van der Waals surface area contributed by atoms with E-state index in [0.29, 0.717) is 11.8 Å². The summed E-state index contributed by atoms with van der Waals surface area (Å²) in [5, 5.41) is 14.1. The predicted molar refractivity (Wildman–Crippen MR) is 113 cm³/mol. The van der Waals surface area contributed by atoms with Crippen LogP contribution in [0.1, 0.15) is 39.0 Å². The maximum Gasteiger partial charge on any atom is 1.00 e. The van der Waals surface area contributed by atoms with E-state index in [0.717, 1.165) is 18.2 Å². The summed E-state index contributed by atoms with van der Waals surface area (Å²) in [6.07, 6.45) is -4.84. The van der Waals surface area contributed by atoms with Gasteiger partial charge in [-0.25, -0.2) is 13.8 Å². The Bertz CT molecular complexity index is 1420. The molecule has 0 aliphatic rings. The van der Waals surface area contributed by atoms with E-state index in [-0.39, 0.29) is 59.1 Å². The van der Waals surface area contributed by atoms with Crippen LogP contribution in [0.25, 0.3) is 33.7 Å². The van der Waals surface area contributed by atoms with Gasteiger partial charge < -0.3 is 6.41 Å². The van der Waals surface area contributed by atoms with E-state index in [9.17, 15) is 27.2 Å². The van der Waals surface area contributed by atoms with E-state index in [1.165, 1.54) is 10.7 Å². The minimum absolute atomic E-state index is 0. The van der Waals surface area contributed by atoms with Gasteiger partial charge >= 0.3 is 35.7 Å². The Morgan fingerprint density at radius 3 is 2.24 bits per heavy atom. The number of hydrogen-bond acceptors (Lipinski definition) is 3. The molecule has 0 atom stereocenters. The molecule has 0 unspecified atom stereocenters. The molecule has 0 amide bonds. The van der Waals surface area contributed by atoms with Crippen LogP contribution in [0.2, 0.25) is 0 Å². The fourth-order valence-corrected chi connectivity index (χ4v) is 3.79. The maximum absolute atomic E-state index is 14.3. The van der Waals surface area contributed by atoms with Crippen LogP contribution in [0.15, 0.2) is 30.3 Å². The molecule has 11 heteroatoms. The van der Waals surface area contributed by atoms with Crippen molar-refractivity contribution in [1.29, 1.82) is 5.26 Å². The van der Waals surface area contributed by atoms with Crippen LogP contribution in [-0.2, 0) is 18.6 Å². The molecule has 0 radical (unpaired) electrons. The van der Waals surface area contributed by atoms with Gasteiger partial charge in [0.1, 0.15) is 34.5 Å². The molecule has 0 bridgehead atoms. The van der Waals surface area contributed by atoms with Gasteiger partial charge in [0.15, 0.2) is 5.82 Å². The van der Waals surface area contributed by atoms with Crippen molar-refractivity contribution < 1.29 is 52.9 Å². The van der Waals surface area contributed by atoms with E-state index >= 15 is 0 Å². The number of H-pyrrole nitrogens is 1. The average molecular weight is 483 g/mol. The Morgan fingerprint density at radius 1 is 1.09 bits per heavy atom. The zero-order chi connectivity index (χ0) is 24.3. The summed E-state index contributed by atoms with van der Waals surface area (Å²) < 4.78 is 71.7. The third kappa shape index (κ3) is 4.35. The Morgan fingerprint density at radius 2 is 1.71 bits per heavy atom. The van der Waals surface area contributed by atoms with Crippen molar-refractivity contribution in [3.63, 3.8) is 0 Å². The van der Waals surface area contributed by atoms with Crippen LogP contribution in [-0.4, -0.2) is 19.7 Å². The summed E-state index contributed by atoms with van der Waals surface area (Å²) in [5.74, 6) is -1.99. The molecule has 2 heterocycles. The SMILES string of the molecule is Cn1nc(C(C)(C)C)c(C#N)c1-c1nc2c(C(F)(F)F)cc(-c3c(F)cccc3F)cc2[nH]1.[H-].[Na+]. The number of aryl methyl sites for hydroxylation is 1. The molecule has 34 heavy (non-hydrogen) atoms. The van der Waals surface area contributed by atoms with Gasteiger partial charge in [0.25, 0.3) is 0 Å². The smallest absolute Gasteiger partial charge is 1.00 e. The second-order valence-corrected chi connectivity index (χ2v) is 8.66. The number of rotatable bonds is 2. The van der Waals surface area contributed by atoms with Crippen molar-refractivity contribution in [2.24, 2.45) is 7.05 Å². The van der Waals surface area contributed by atoms with Gasteiger partial charge in [-0.3, -0.25) is 4.68 Å². The van der Waals surface area contributed by atoms with Gasteiger partial charge in [0, 0.05) is 12.5 Å². The summed E-state index contributed by atoms with van der Waals surface area (Å²) in [6, 6.07) is 7.01. The molecule has 4 aromatic rings. The summed E-state index contributed by atoms with van der Waals surface area (Å²) in [7, 11) is 1.56. The third-order valence-corrected chi connectivity index (χ3v) is 5.24. The molecule has 2 aromatic heterocycles. The largest absolute Gasteiger partial charge is 1.00 e. The zero-order valence-electron chi connectivity index (χ0n) is 20.1. The monoisotopic (exact) mass is 483 g/mol. The first kappa shape index (κ1) is 25.9. The molecule has 172 valence electrons. The number of alkyl halides is 3. The van der Waals surface area contributed by atoms with E-state index < -0.39 is 39.9 Å². The van der Waals surface area contributed by atoms with Crippen molar-refractivity contribution in [3.05, 3.63) is 58.8 Å². The van der Waals surface area contributed by atoms with Gasteiger partial charge in [-0.05, 0) is 29.8 Å². The number of fused-ring (bicyclic) bond motifs is 1. The molecule has 0 fully saturated rings. The van der Waals surface area contributed by atoms with Gasteiger partial charge in [-0.1, -0.05) is 26.8 Å². The number of benzene rings is 2. The normalized spacial score (nSPS) is 12.0. The van der Waals surface area contributed by atoms with Gasteiger partial charge in [0.2, 0.25) is 0 Å². The first-order valence-electron chi connectivity index (χ1n) is 9.86. The van der Waals surface area contributed by atoms with Crippen molar-refractivity contribution in [2.75, 3.05) is 0 Å². The minimum atomic E-state index is -4.84. The predicted octanol–water partition coefficient (Wildman–Crippen LogP) is 3.21. The fourth-order valence-electron chi connectivity index (χ4n) is 3.79. The minimum Gasteiger partial charge on any atom is -1.00 e. The van der Waals surface area contributed by atoms with Crippen LogP contribution >= 0.6 is 0 Å². The van der Waals surface area contributed by atoms with Crippen LogP contribution in [0.3, 0.4) is 0 Å². The Hall–Kier alpha value is -2.74. The van der Waals surface area contributed by atoms with E-state index in [1.54, 1.807) is 7.05 Å². The molecular formula is C23H19F5N5Na. The first-order valence-corrected chi connectivity index (χ1v) is 9.86. The average Bonchev–Trinajstić information content (AvgIpc) is 3.26.